The monoisotopic (exact) mass is 255 g/mol. The second kappa shape index (κ2) is 7.36. The topological polar surface area (TPSA) is 98.2 Å². The Balaban J connectivity index is 2.26. The van der Waals surface area contributed by atoms with Gasteiger partial charge >= 0.3 is 0 Å². The summed E-state index contributed by atoms with van der Waals surface area (Å²) in [6.45, 7) is 0.514. The van der Waals surface area contributed by atoms with Crippen molar-refractivity contribution in [3.05, 3.63) is 0 Å². The molecule has 0 heterocycles. The molecule has 2 amide bonds. The average molecular weight is 255 g/mol. The van der Waals surface area contributed by atoms with E-state index >= 15 is 0 Å². The van der Waals surface area contributed by atoms with Gasteiger partial charge < -0.3 is 16.8 Å². The fraction of sp³-hybridized carbons (Fsp3) is 0.846. The zero-order chi connectivity index (χ0) is 13.4. The number of amides is 2. The summed E-state index contributed by atoms with van der Waals surface area (Å²) >= 11 is 0. The molecule has 0 aromatic carbocycles. The summed E-state index contributed by atoms with van der Waals surface area (Å²) in [4.78, 5) is 22.4. The van der Waals surface area contributed by atoms with Gasteiger partial charge in [0.2, 0.25) is 11.8 Å². The average Bonchev–Trinajstić information content (AvgIpc) is 2.35. The normalized spacial score (nSPS) is 18.3. The van der Waals surface area contributed by atoms with Gasteiger partial charge in [0.05, 0.1) is 5.54 Å². The summed E-state index contributed by atoms with van der Waals surface area (Å²) in [5.74, 6) is -0.257. The van der Waals surface area contributed by atoms with Crippen LogP contribution in [0.5, 0.6) is 0 Å². The van der Waals surface area contributed by atoms with Gasteiger partial charge in [0.15, 0.2) is 0 Å². The largest absolute Gasteiger partial charge is 0.370 e. The van der Waals surface area contributed by atoms with Gasteiger partial charge in [0, 0.05) is 19.4 Å². The van der Waals surface area contributed by atoms with Crippen molar-refractivity contribution in [2.24, 2.45) is 11.5 Å². The molecule has 5 nitrogen and oxygen atoms in total. The minimum Gasteiger partial charge on any atom is -0.370 e. The van der Waals surface area contributed by atoms with Crippen LogP contribution in [-0.2, 0) is 9.59 Å². The Kier molecular flexibility index (Phi) is 6.12. The van der Waals surface area contributed by atoms with Crippen LogP contribution >= 0.6 is 0 Å². The number of rotatable bonds is 7. The Bertz CT molecular complexity index is 286. The third-order valence-electron chi connectivity index (χ3n) is 3.68. The Morgan fingerprint density at radius 3 is 2.22 bits per heavy atom. The lowest BCUT2D eigenvalue weighted by Gasteiger charge is -2.37. The molecule has 1 rings (SSSR count). The van der Waals surface area contributed by atoms with Crippen LogP contribution < -0.4 is 16.8 Å². The number of nitrogens with two attached hydrogens (primary N) is 2. The van der Waals surface area contributed by atoms with Crippen molar-refractivity contribution in [2.75, 3.05) is 6.54 Å². The first-order chi connectivity index (χ1) is 8.58. The van der Waals surface area contributed by atoms with Crippen LogP contribution in [0.3, 0.4) is 0 Å². The van der Waals surface area contributed by atoms with E-state index in [4.69, 9.17) is 11.5 Å². The molecule has 1 saturated carbocycles. The molecule has 104 valence electrons. The maximum Gasteiger partial charge on any atom is 0.220 e. The van der Waals surface area contributed by atoms with Crippen LogP contribution in [0.2, 0.25) is 0 Å². The highest BCUT2D eigenvalue weighted by Gasteiger charge is 2.31. The van der Waals surface area contributed by atoms with E-state index in [0.29, 0.717) is 32.2 Å². The lowest BCUT2D eigenvalue weighted by atomic mass is 9.81. The van der Waals surface area contributed by atoms with Gasteiger partial charge in [0.25, 0.3) is 0 Å². The summed E-state index contributed by atoms with van der Waals surface area (Å²) in [6, 6.07) is 0. The molecule has 0 bridgehead atoms. The van der Waals surface area contributed by atoms with Crippen LogP contribution in [0.1, 0.15) is 57.8 Å². The predicted molar refractivity (Wildman–Crippen MR) is 70.7 cm³/mol. The van der Waals surface area contributed by atoms with Crippen molar-refractivity contribution in [3.63, 3.8) is 0 Å². The molecule has 0 radical (unpaired) electrons. The van der Waals surface area contributed by atoms with Crippen molar-refractivity contribution >= 4 is 11.8 Å². The van der Waals surface area contributed by atoms with Gasteiger partial charge in [-0.2, -0.15) is 0 Å². The highest BCUT2D eigenvalue weighted by molar-refractivity contribution is 5.77. The molecule has 0 spiro atoms. The fourth-order valence-corrected chi connectivity index (χ4v) is 2.55. The molecular weight excluding hydrogens is 230 g/mol. The first-order valence-electron chi connectivity index (χ1n) is 6.87. The summed E-state index contributed by atoms with van der Waals surface area (Å²) in [7, 11) is 0. The number of primary amides is 1. The van der Waals surface area contributed by atoms with E-state index in [1.165, 1.54) is 6.42 Å². The molecule has 0 aromatic rings. The summed E-state index contributed by atoms with van der Waals surface area (Å²) in [5.41, 5.74) is 10.7. The molecule has 1 fully saturated rings. The van der Waals surface area contributed by atoms with E-state index in [-0.39, 0.29) is 17.4 Å². The van der Waals surface area contributed by atoms with Crippen LogP contribution in [-0.4, -0.2) is 23.9 Å². The zero-order valence-electron chi connectivity index (χ0n) is 11.0. The minimum atomic E-state index is -0.305. The molecule has 0 unspecified atom stereocenters. The molecule has 0 aliphatic heterocycles. The molecule has 0 atom stereocenters. The van der Waals surface area contributed by atoms with Crippen molar-refractivity contribution < 1.29 is 9.59 Å². The maximum absolute atomic E-state index is 11.8. The Hall–Kier alpha value is -1.10. The van der Waals surface area contributed by atoms with Gasteiger partial charge in [-0.15, -0.1) is 0 Å². The summed E-state index contributed by atoms with van der Waals surface area (Å²) < 4.78 is 0. The predicted octanol–water partition coefficient (Wildman–Crippen LogP) is 0.810. The highest BCUT2D eigenvalue weighted by Crippen LogP contribution is 2.27. The molecule has 0 aromatic heterocycles. The fourth-order valence-electron chi connectivity index (χ4n) is 2.55. The molecule has 18 heavy (non-hydrogen) atoms. The van der Waals surface area contributed by atoms with Crippen LogP contribution in [0.4, 0.5) is 0 Å². The van der Waals surface area contributed by atoms with Crippen molar-refractivity contribution in [2.45, 2.75) is 63.3 Å². The highest BCUT2D eigenvalue weighted by atomic mass is 16.2. The van der Waals surface area contributed by atoms with E-state index in [1.807, 2.05) is 0 Å². The van der Waals surface area contributed by atoms with Gasteiger partial charge in [-0.25, -0.2) is 0 Å². The number of unbranched alkanes of at least 4 members (excludes halogenated alkanes) is 1. The molecule has 0 saturated heterocycles. The van der Waals surface area contributed by atoms with Gasteiger partial charge in [-0.05, 0) is 25.7 Å². The minimum absolute atomic E-state index is 0.0480. The lowest BCUT2D eigenvalue weighted by Crippen LogP contribution is -2.54. The first-order valence-corrected chi connectivity index (χ1v) is 6.87. The third-order valence-corrected chi connectivity index (χ3v) is 3.68. The second-order valence-corrected chi connectivity index (χ2v) is 5.27. The molecule has 1 aliphatic rings. The first kappa shape index (κ1) is 15.0. The van der Waals surface area contributed by atoms with E-state index in [2.05, 4.69) is 5.32 Å². The number of nitrogens with one attached hydrogen (secondary N) is 1. The standard InChI is InChI=1S/C13H25N3O2/c14-10-13(8-4-1-5-9-13)16-12(18)7-3-2-6-11(15)17/h1-10,14H2,(H2,15,17)(H,16,18). The third kappa shape index (κ3) is 5.04. The quantitative estimate of drug-likeness (QED) is 0.587. The summed E-state index contributed by atoms with van der Waals surface area (Å²) in [5, 5.41) is 3.09. The Morgan fingerprint density at radius 1 is 1.06 bits per heavy atom. The van der Waals surface area contributed by atoms with Crippen molar-refractivity contribution in [3.8, 4) is 0 Å². The van der Waals surface area contributed by atoms with Crippen LogP contribution in [0.25, 0.3) is 0 Å². The number of hydrogen-bond donors (Lipinski definition) is 3. The smallest absolute Gasteiger partial charge is 0.220 e. The van der Waals surface area contributed by atoms with Crippen molar-refractivity contribution in [1.29, 1.82) is 0 Å². The van der Waals surface area contributed by atoms with Crippen molar-refractivity contribution in [1.82, 2.24) is 5.32 Å². The number of hydrogen-bond acceptors (Lipinski definition) is 3. The van der Waals surface area contributed by atoms with Crippen LogP contribution in [0.15, 0.2) is 0 Å². The Morgan fingerprint density at radius 2 is 1.67 bits per heavy atom. The molecule has 1 aliphatic carbocycles. The maximum atomic E-state index is 11.8. The SMILES string of the molecule is NCC1(NC(=O)CCCCC(N)=O)CCCCC1. The van der Waals surface area contributed by atoms with Gasteiger partial charge in [-0.3, -0.25) is 9.59 Å². The molecule has 5 N–H and O–H groups in total. The lowest BCUT2D eigenvalue weighted by molar-refractivity contribution is -0.124. The number of carbonyl (C=O) groups excluding carboxylic acids is 2. The Labute approximate surface area is 109 Å². The van der Waals surface area contributed by atoms with Crippen LogP contribution in [0, 0.1) is 0 Å². The molecular formula is C13H25N3O2. The summed E-state index contributed by atoms with van der Waals surface area (Å²) in [6.07, 6.45) is 7.67. The van der Waals surface area contributed by atoms with Gasteiger partial charge in [-0.1, -0.05) is 19.3 Å². The number of carbonyl (C=O) groups is 2. The van der Waals surface area contributed by atoms with E-state index in [0.717, 1.165) is 25.7 Å². The van der Waals surface area contributed by atoms with E-state index in [9.17, 15) is 9.59 Å². The zero-order valence-corrected chi connectivity index (χ0v) is 11.0. The second-order valence-electron chi connectivity index (χ2n) is 5.27. The van der Waals surface area contributed by atoms with E-state index in [1.54, 1.807) is 0 Å². The van der Waals surface area contributed by atoms with Gasteiger partial charge in [0.1, 0.15) is 0 Å². The van der Waals surface area contributed by atoms with E-state index < -0.39 is 0 Å². The molecule has 5 heteroatoms.